The Balaban J connectivity index is 1.70. The van der Waals surface area contributed by atoms with E-state index in [0.29, 0.717) is 5.92 Å². The summed E-state index contributed by atoms with van der Waals surface area (Å²) in [5.74, 6) is 0.518. The van der Waals surface area contributed by atoms with E-state index in [2.05, 4.69) is 48.3 Å². The van der Waals surface area contributed by atoms with Gasteiger partial charge in [0.2, 0.25) is 5.79 Å². The summed E-state index contributed by atoms with van der Waals surface area (Å²) in [5.41, 5.74) is 2.46. The molecule has 3 nitrogen and oxygen atoms in total. The van der Waals surface area contributed by atoms with Gasteiger partial charge in [-0.25, -0.2) is 0 Å². The maximum absolute atomic E-state index is 6.88. The third kappa shape index (κ3) is 2.74. The van der Waals surface area contributed by atoms with E-state index in [9.17, 15) is 0 Å². The molecule has 0 N–H and O–H groups in total. The number of pyridine rings is 1. The molecule has 140 valence electrons. The van der Waals surface area contributed by atoms with Gasteiger partial charge in [0.05, 0.1) is 5.69 Å². The number of fused-ring (bicyclic) bond motifs is 2. The Hall–Kier alpha value is -2.91. The van der Waals surface area contributed by atoms with Crippen LogP contribution in [-0.4, -0.2) is 4.98 Å². The molecule has 1 aromatic heterocycles. The summed E-state index contributed by atoms with van der Waals surface area (Å²) < 4.78 is 13.6. The average molecular weight is 369 g/mol. The summed E-state index contributed by atoms with van der Waals surface area (Å²) in [4.78, 5) is 4.48. The van der Waals surface area contributed by atoms with Crippen molar-refractivity contribution in [3.8, 4) is 0 Å². The Kier molecular flexibility index (Phi) is 4.06. The SMILES string of the molecule is C[C@H]1C[C@]2(c3ccccc3)O/C(=C\c3ccccn3)[C@](c3ccccc3)(C1)O2. The summed E-state index contributed by atoms with van der Waals surface area (Å²) >= 11 is 0. The standard InChI is InChI=1S/C25H23NO2/c1-19-17-24(20-10-4-2-5-11-20)23(16-22-14-8-9-15-26-22)27-25(18-19,28-24)21-12-6-3-7-13-21/h2-16,19H,17-18H2,1H3/b23-16-/t19-,24-,25+/m1/s1. The van der Waals surface area contributed by atoms with Gasteiger partial charge in [-0.15, -0.1) is 0 Å². The van der Waals surface area contributed by atoms with E-state index in [1.54, 1.807) is 6.20 Å². The summed E-state index contributed by atoms with van der Waals surface area (Å²) in [5, 5.41) is 0. The predicted molar refractivity (Wildman–Crippen MR) is 109 cm³/mol. The van der Waals surface area contributed by atoms with Crippen molar-refractivity contribution in [2.24, 2.45) is 5.92 Å². The number of aromatic nitrogens is 1. The maximum Gasteiger partial charge on any atom is 0.238 e. The highest BCUT2D eigenvalue weighted by Gasteiger charge is 2.61. The molecule has 3 aromatic rings. The molecule has 2 fully saturated rings. The first kappa shape index (κ1) is 17.2. The van der Waals surface area contributed by atoms with Crippen LogP contribution in [0.3, 0.4) is 0 Å². The zero-order valence-electron chi connectivity index (χ0n) is 15.9. The molecular weight excluding hydrogens is 346 g/mol. The van der Waals surface area contributed by atoms with Crippen molar-refractivity contribution < 1.29 is 9.47 Å². The second-order valence-electron chi connectivity index (χ2n) is 7.79. The quantitative estimate of drug-likeness (QED) is 0.598. The second kappa shape index (κ2) is 6.61. The Morgan fingerprint density at radius 1 is 0.857 bits per heavy atom. The molecule has 3 atom stereocenters. The van der Waals surface area contributed by atoms with E-state index < -0.39 is 11.4 Å². The highest BCUT2D eigenvalue weighted by molar-refractivity contribution is 5.53. The van der Waals surface area contributed by atoms with Crippen molar-refractivity contribution in [2.75, 3.05) is 0 Å². The van der Waals surface area contributed by atoms with E-state index in [-0.39, 0.29) is 0 Å². The number of ether oxygens (including phenoxy) is 2. The third-order valence-electron chi connectivity index (χ3n) is 5.69. The van der Waals surface area contributed by atoms with Gasteiger partial charge >= 0.3 is 0 Å². The molecular formula is C25H23NO2. The third-order valence-corrected chi connectivity index (χ3v) is 5.69. The van der Waals surface area contributed by atoms with Gasteiger partial charge in [0.25, 0.3) is 0 Å². The van der Waals surface area contributed by atoms with Crippen molar-refractivity contribution in [1.82, 2.24) is 4.98 Å². The monoisotopic (exact) mass is 369 g/mol. The van der Waals surface area contributed by atoms with Crippen molar-refractivity contribution in [3.05, 3.63) is 108 Å². The number of hydrogen-bond acceptors (Lipinski definition) is 3. The van der Waals surface area contributed by atoms with Gasteiger partial charge in [-0.2, -0.15) is 0 Å². The highest BCUT2D eigenvalue weighted by atomic mass is 16.8. The first-order chi connectivity index (χ1) is 13.7. The van der Waals surface area contributed by atoms with Crippen LogP contribution in [0, 0.1) is 5.92 Å². The lowest BCUT2D eigenvalue weighted by Crippen LogP contribution is -2.41. The van der Waals surface area contributed by atoms with Gasteiger partial charge in [-0.05, 0) is 30.0 Å². The van der Waals surface area contributed by atoms with Gasteiger partial charge < -0.3 is 9.47 Å². The van der Waals surface area contributed by atoms with Crippen molar-refractivity contribution in [2.45, 2.75) is 31.2 Å². The van der Waals surface area contributed by atoms with Crippen LogP contribution in [-0.2, 0) is 20.9 Å². The van der Waals surface area contributed by atoms with Crippen LogP contribution < -0.4 is 0 Å². The van der Waals surface area contributed by atoms with Crippen molar-refractivity contribution in [3.63, 3.8) is 0 Å². The molecule has 5 rings (SSSR count). The molecule has 2 bridgehead atoms. The Bertz CT molecular complexity index is 987. The lowest BCUT2D eigenvalue weighted by molar-refractivity contribution is -0.234. The molecule has 0 saturated carbocycles. The van der Waals surface area contributed by atoms with Gasteiger partial charge in [-0.3, -0.25) is 4.98 Å². The first-order valence-electron chi connectivity index (χ1n) is 9.84. The molecule has 2 aromatic carbocycles. The zero-order chi connectivity index (χ0) is 19.0. The number of hydrogen-bond donors (Lipinski definition) is 0. The normalized spacial score (nSPS) is 30.2. The van der Waals surface area contributed by atoms with Crippen LogP contribution in [0.15, 0.2) is 90.8 Å². The van der Waals surface area contributed by atoms with Gasteiger partial charge in [-0.1, -0.05) is 73.7 Å². The molecule has 2 saturated heterocycles. The van der Waals surface area contributed by atoms with Crippen molar-refractivity contribution >= 4 is 6.08 Å². The number of nitrogens with zero attached hydrogens (tertiary/aromatic N) is 1. The summed E-state index contributed by atoms with van der Waals surface area (Å²) in [6.07, 6.45) is 5.55. The molecule has 3 heterocycles. The topological polar surface area (TPSA) is 31.4 Å². The molecule has 0 amide bonds. The molecule has 3 heteroatoms. The fourth-order valence-corrected chi connectivity index (χ4v) is 4.56. The smallest absolute Gasteiger partial charge is 0.238 e. The molecule has 2 aliphatic rings. The first-order valence-corrected chi connectivity index (χ1v) is 9.84. The van der Waals surface area contributed by atoms with Gasteiger partial charge in [0.15, 0.2) is 5.60 Å². The van der Waals surface area contributed by atoms with Crippen LogP contribution in [0.5, 0.6) is 0 Å². The summed E-state index contributed by atoms with van der Waals surface area (Å²) in [6.45, 7) is 2.28. The number of rotatable bonds is 3. The lowest BCUT2D eigenvalue weighted by atomic mass is 9.78. The van der Waals surface area contributed by atoms with Crippen LogP contribution in [0.25, 0.3) is 6.08 Å². The zero-order valence-corrected chi connectivity index (χ0v) is 15.9. The van der Waals surface area contributed by atoms with Crippen LogP contribution in [0.4, 0.5) is 0 Å². The highest BCUT2D eigenvalue weighted by Crippen LogP contribution is 2.60. The minimum Gasteiger partial charge on any atom is -0.459 e. The minimum atomic E-state index is -0.768. The van der Waals surface area contributed by atoms with E-state index in [4.69, 9.17) is 9.47 Å². The molecule has 0 spiro atoms. The molecule has 0 aliphatic carbocycles. The van der Waals surface area contributed by atoms with E-state index >= 15 is 0 Å². The van der Waals surface area contributed by atoms with Gasteiger partial charge in [0, 0.05) is 24.3 Å². The average Bonchev–Trinajstić information content (AvgIpc) is 2.98. The van der Waals surface area contributed by atoms with Crippen LogP contribution in [0.1, 0.15) is 36.6 Å². The molecule has 2 aliphatic heterocycles. The van der Waals surface area contributed by atoms with E-state index in [0.717, 1.165) is 35.4 Å². The lowest BCUT2D eigenvalue weighted by Gasteiger charge is -2.40. The number of benzene rings is 2. The van der Waals surface area contributed by atoms with E-state index in [1.807, 2.05) is 48.5 Å². The molecule has 0 unspecified atom stereocenters. The van der Waals surface area contributed by atoms with E-state index in [1.165, 1.54) is 0 Å². The summed E-state index contributed by atoms with van der Waals surface area (Å²) in [6, 6.07) is 26.6. The Morgan fingerprint density at radius 3 is 2.21 bits per heavy atom. The molecule has 0 radical (unpaired) electrons. The fraction of sp³-hybridized carbons (Fsp3) is 0.240. The van der Waals surface area contributed by atoms with Crippen LogP contribution in [0.2, 0.25) is 0 Å². The van der Waals surface area contributed by atoms with Gasteiger partial charge in [0.1, 0.15) is 5.76 Å². The largest absolute Gasteiger partial charge is 0.459 e. The Labute approximate surface area is 165 Å². The fourth-order valence-electron chi connectivity index (χ4n) is 4.56. The second-order valence-corrected chi connectivity index (χ2v) is 7.79. The van der Waals surface area contributed by atoms with Crippen molar-refractivity contribution in [1.29, 1.82) is 0 Å². The maximum atomic E-state index is 6.88. The minimum absolute atomic E-state index is 0.448. The molecule has 28 heavy (non-hydrogen) atoms. The predicted octanol–water partition coefficient (Wildman–Crippen LogP) is 5.65. The summed E-state index contributed by atoms with van der Waals surface area (Å²) in [7, 11) is 0. The van der Waals surface area contributed by atoms with Crippen LogP contribution >= 0.6 is 0 Å². The Morgan fingerprint density at radius 2 is 1.54 bits per heavy atom.